The normalized spacial score (nSPS) is 19.9. The molecule has 0 radical (unpaired) electrons. The third-order valence-corrected chi connectivity index (χ3v) is 9.81. The van der Waals surface area contributed by atoms with Gasteiger partial charge in [0.2, 0.25) is 5.91 Å². The van der Waals surface area contributed by atoms with Crippen molar-refractivity contribution in [2.45, 2.75) is 61.1 Å². The fraction of sp³-hybridized carbons (Fsp3) is 0.444. The molecule has 230 valence electrons. The van der Waals surface area contributed by atoms with Gasteiger partial charge in [0.15, 0.2) is 9.84 Å². The Labute approximate surface area is 240 Å². The van der Waals surface area contributed by atoms with Gasteiger partial charge < -0.3 is 10.2 Å². The molecule has 43 heavy (non-hydrogen) atoms. The first kappa shape index (κ1) is 30.7. The average Bonchev–Trinajstić information content (AvgIpc) is 3.85. The van der Waals surface area contributed by atoms with Crippen molar-refractivity contribution < 1.29 is 53.8 Å². The standard InChI is InChI=1S/C27H22F7N3O5S/c28-26(29,30)25(42-34,27(31,32)33)17-3-5-18(6-4-17)36-22(38)21-20-8-7-19(43(40,41)13-15-1-2-15)11-16(20)12-37(21)23(39)24(14-35)9-10-24/h3-8,11,15,21H,1-2,9-10,12-13H2,(H,36,38). The van der Waals surface area contributed by atoms with Crippen LogP contribution in [0.4, 0.5) is 36.6 Å². The van der Waals surface area contributed by atoms with Gasteiger partial charge in [-0.3, -0.25) is 9.59 Å². The largest absolute Gasteiger partial charge is 0.434 e. The minimum atomic E-state index is -6.23. The number of amides is 2. The summed E-state index contributed by atoms with van der Waals surface area (Å²) in [6.45, 7) is -0.213. The average molecular weight is 634 g/mol. The van der Waals surface area contributed by atoms with E-state index in [-0.39, 0.29) is 59.3 Å². The van der Waals surface area contributed by atoms with Crippen LogP contribution < -0.4 is 5.32 Å². The van der Waals surface area contributed by atoms with Gasteiger partial charge in [0.25, 0.3) is 5.91 Å². The molecule has 0 bridgehead atoms. The van der Waals surface area contributed by atoms with Crippen LogP contribution in [0.1, 0.15) is 48.4 Å². The number of rotatable bonds is 8. The van der Waals surface area contributed by atoms with Crippen LogP contribution in [0, 0.1) is 22.7 Å². The molecule has 16 heteroatoms. The van der Waals surface area contributed by atoms with E-state index in [1.54, 1.807) is 0 Å². The van der Waals surface area contributed by atoms with Gasteiger partial charge in [0.05, 0.1) is 16.7 Å². The number of anilines is 1. The monoisotopic (exact) mass is 633 g/mol. The maximum Gasteiger partial charge on any atom is 0.434 e. The Bertz CT molecular complexity index is 1600. The lowest BCUT2D eigenvalue weighted by atomic mass is 9.92. The van der Waals surface area contributed by atoms with Crippen LogP contribution in [0.3, 0.4) is 0 Å². The highest BCUT2D eigenvalue weighted by atomic mass is 32.2. The molecule has 0 aromatic heterocycles. The van der Waals surface area contributed by atoms with Crippen LogP contribution in [-0.4, -0.2) is 43.2 Å². The molecule has 3 aliphatic rings. The SMILES string of the molecule is N#CC1(C(=O)N2Cc3cc(S(=O)(=O)CC4CC4)ccc3C2C(=O)Nc2ccc(C(OF)(C(F)(F)F)C(F)(F)F)cc2)CC1. The van der Waals surface area contributed by atoms with Crippen LogP contribution in [0.25, 0.3) is 0 Å². The van der Waals surface area contributed by atoms with Crippen molar-refractivity contribution in [3.63, 3.8) is 0 Å². The number of nitrogens with zero attached hydrogens (tertiary/aromatic N) is 2. The molecule has 2 aliphatic carbocycles. The van der Waals surface area contributed by atoms with Gasteiger partial charge in [0, 0.05) is 17.8 Å². The van der Waals surface area contributed by atoms with Crippen LogP contribution in [0.5, 0.6) is 0 Å². The topological polar surface area (TPSA) is 117 Å². The molecule has 1 heterocycles. The molecule has 1 atom stereocenters. The van der Waals surface area contributed by atoms with Crippen molar-refractivity contribution in [3.8, 4) is 6.07 Å². The van der Waals surface area contributed by atoms with Crippen LogP contribution in [-0.2, 0) is 36.5 Å². The first-order valence-electron chi connectivity index (χ1n) is 12.9. The summed E-state index contributed by atoms with van der Waals surface area (Å²) in [5.41, 5.74) is -8.01. The number of hydrogen-bond donors (Lipinski definition) is 1. The molecular formula is C27H22F7N3O5S. The summed E-state index contributed by atoms with van der Waals surface area (Å²) in [5, 5.41) is 11.9. The van der Waals surface area contributed by atoms with E-state index in [2.05, 4.69) is 10.3 Å². The second-order valence-electron chi connectivity index (χ2n) is 10.9. The molecule has 2 aromatic rings. The lowest BCUT2D eigenvalue weighted by molar-refractivity contribution is -0.442. The maximum atomic E-state index is 13.5. The van der Waals surface area contributed by atoms with Gasteiger partial charge in [-0.05, 0) is 71.5 Å². The van der Waals surface area contributed by atoms with Crippen molar-refractivity contribution in [1.82, 2.24) is 4.90 Å². The Balaban J connectivity index is 1.46. The molecular weight excluding hydrogens is 611 g/mol. The fourth-order valence-electron chi connectivity index (χ4n) is 5.18. The van der Waals surface area contributed by atoms with Crippen molar-refractivity contribution in [1.29, 1.82) is 5.26 Å². The minimum Gasteiger partial charge on any atom is -0.324 e. The number of halogens is 7. The van der Waals surface area contributed by atoms with E-state index in [1.807, 2.05) is 6.07 Å². The van der Waals surface area contributed by atoms with Gasteiger partial charge >= 0.3 is 18.0 Å². The second kappa shape index (κ2) is 10.2. The summed E-state index contributed by atoms with van der Waals surface area (Å²) in [5.74, 6) is -1.60. The summed E-state index contributed by atoms with van der Waals surface area (Å²) in [7, 11) is -3.66. The van der Waals surface area contributed by atoms with Crippen molar-refractivity contribution in [3.05, 3.63) is 59.2 Å². The molecule has 5 rings (SSSR count). The van der Waals surface area contributed by atoms with Crippen LogP contribution >= 0.6 is 0 Å². The predicted molar refractivity (Wildman–Crippen MR) is 133 cm³/mol. The lowest BCUT2D eigenvalue weighted by Gasteiger charge is -2.33. The molecule has 0 saturated heterocycles. The summed E-state index contributed by atoms with van der Waals surface area (Å²) in [4.78, 5) is 30.4. The smallest absolute Gasteiger partial charge is 0.324 e. The number of fused-ring (bicyclic) bond motifs is 1. The molecule has 2 aromatic carbocycles. The van der Waals surface area contributed by atoms with Crippen molar-refractivity contribution >= 4 is 27.3 Å². The summed E-state index contributed by atoms with van der Waals surface area (Å²) < 4.78 is 119. The lowest BCUT2D eigenvalue weighted by Crippen LogP contribution is -2.54. The third kappa shape index (κ3) is 5.22. The van der Waals surface area contributed by atoms with Crippen LogP contribution in [0.15, 0.2) is 47.4 Å². The zero-order valence-corrected chi connectivity index (χ0v) is 22.7. The molecule has 2 fully saturated rings. The highest BCUT2D eigenvalue weighted by Gasteiger charge is 2.75. The minimum absolute atomic E-state index is 0.00323. The predicted octanol–water partition coefficient (Wildman–Crippen LogP) is 5.42. The van der Waals surface area contributed by atoms with E-state index >= 15 is 0 Å². The highest BCUT2D eigenvalue weighted by Crippen LogP contribution is 2.53. The number of carbonyl (C=O) groups excluding carboxylic acids is 2. The van der Waals surface area contributed by atoms with E-state index < -0.39 is 56.6 Å². The first-order valence-corrected chi connectivity index (χ1v) is 14.6. The summed E-state index contributed by atoms with van der Waals surface area (Å²) in [6.07, 6.45) is -10.4. The number of hydrogen-bond acceptors (Lipinski definition) is 6. The number of carbonyl (C=O) groups is 2. The Morgan fingerprint density at radius 1 is 1.02 bits per heavy atom. The fourth-order valence-corrected chi connectivity index (χ4v) is 6.92. The van der Waals surface area contributed by atoms with Crippen molar-refractivity contribution in [2.75, 3.05) is 11.1 Å². The number of sulfone groups is 1. The number of nitriles is 1. The number of alkyl halides is 6. The second-order valence-corrected chi connectivity index (χ2v) is 13.0. The van der Waals surface area contributed by atoms with Gasteiger partial charge in [-0.2, -0.15) is 36.5 Å². The molecule has 0 spiro atoms. The van der Waals surface area contributed by atoms with E-state index in [1.165, 1.54) is 18.2 Å². The highest BCUT2D eigenvalue weighted by molar-refractivity contribution is 7.91. The molecule has 2 saturated carbocycles. The Morgan fingerprint density at radius 3 is 2.12 bits per heavy atom. The third-order valence-electron chi connectivity index (χ3n) is 7.93. The summed E-state index contributed by atoms with van der Waals surface area (Å²) in [6, 6.07) is 6.46. The molecule has 1 aliphatic heterocycles. The first-order chi connectivity index (χ1) is 20.0. The van der Waals surface area contributed by atoms with E-state index in [0.29, 0.717) is 17.7 Å². The van der Waals surface area contributed by atoms with Gasteiger partial charge in [0.1, 0.15) is 11.5 Å². The molecule has 1 unspecified atom stereocenters. The van der Waals surface area contributed by atoms with Gasteiger partial charge in [-0.15, -0.1) is 0 Å². The quantitative estimate of drug-likeness (QED) is 0.389. The van der Waals surface area contributed by atoms with Crippen LogP contribution in [0.2, 0.25) is 0 Å². The maximum absolute atomic E-state index is 13.5. The van der Waals surface area contributed by atoms with E-state index in [4.69, 9.17) is 0 Å². The Hall–Kier alpha value is -3.71. The zero-order chi connectivity index (χ0) is 31.6. The zero-order valence-electron chi connectivity index (χ0n) is 21.9. The summed E-state index contributed by atoms with van der Waals surface area (Å²) >= 11 is 0. The molecule has 1 N–H and O–H groups in total. The van der Waals surface area contributed by atoms with Gasteiger partial charge in [-0.25, -0.2) is 8.42 Å². The Morgan fingerprint density at radius 2 is 1.63 bits per heavy atom. The van der Waals surface area contributed by atoms with Crippen molar-refractivity contribution in [2.24, 2.45) is 11.3 Å². The van der Waals surface area contributed by atoms with Gasteiger partial charge in [-0.1, -0.05) is 18.2 Å². The Kier molecular flexibility index (Phi) is 7.28. The van der Waals surface area contributed by atoms with E-state index in [0.717, 1.165) is 17.7 Å². The number of nitrogens with one attached hydrogen (secondary N) is 1. The molecule has 8 nitrogen and oxygen atoms in total. The number of benzene rings is 2. The van der Waals surface area contributed by atoms with E-state index in [9.17, 15) is 54.1 Å². The molecule has 2 amide bonds.